The van der Waals surface area contributed by atoms with Crippen LogP contribution in [0.4, 0.5) is 0 Å². The molecular weight excluding hydrogens is 308 g/mol. The molecule has 3 rings (SSSR count). The van der Waals surface area contributed by atoms with Crippen molar-refractivity contribution in [3.05, 3.63) is 23.3 Å². The Bertz CT molecular complexity index is 530. The van der Waals surface area contributed by atoms with E-state index in [0.29, 0.717) is 17.8 Å². The summed E-state index contributed by atoms with van der Waals surface area (Å²) in [4.78, 5) is 12.1. The molecule has 0 amide bonds. The van der Waals surface area contributed by atoms with Crippen molar-refractivity contribution in [3.8, 4) is 0 Å². The quantitative estimate of drug-likeness (QED) is 0.648. The first kappa shape index (κ1) is 20.4. The molecule has 3 aliphatic rings. The Morgan fingerprint density at radius 2 is 1.96 bits per heavy atom. The SMILES string of the molecule is CC.CCCC1(C)C(C(C)=O)=CCC1C1CC=C2CC(O)CCC2C1. The number of carbonyl (C=O) groups is 1. The summed E-state index contributed by atoms with van der Waals surface area (Å²) < 4.78 is 0. The van der Waals surface area contributed by atoms with Gasteiger partial charge in [0.15, 0.2) is 5.78 Å². The van der Waals surface area contributed by atoms with Crippen molar-refractivity contribution in [3.63, 3.8) is 0 Å². The summed E-state index contributed by atoms with van der Waals surface area (Å²) in [5, 5.41) is 9.89. The first-order chi connectivity index (χ1) is 12.0. The number of aliphatic hydroxyl groups is 1. The lowest BCUT2D eigenvalue weighted by atomic mass is 9.61. The lowest BCUT2D eigenvalue weighted by Gasteiger charge is -2.43. The second kappa shape index (κ2) is 8.66. The Morgan fingerprint density at radius 3 is 2.60 bits per heavy atom. The van der Waals surface area contributed by atoms with Gasteiger partial charge in [-0.1, -0.05) is 51.8 Å². The molecule has 0 aromatic carbocycles. The predicted molar refractivity (Wildman–Crippen MR) is 105 cm³/mol. The summed E-state index contributed by atoms with van der Waals surface area (Å²) >= 11 is 0. The van der Waals surface area contributed by atoms with E-state index >= 15 is 0 Å². The Morgan fingerprint density at radius 1 is 1.24 bits per heavy atom. The molecule has 1 saturated carbocycles. The average molecular weight is 347 g/mol. The van der Waals surface area contributed by atoms with E-state index in [1.165, 1.54) is 12.0 Å². The average Bonchev–Trinajstić information content (AvgIpc) is 2.93. The molecule has 2 nitrogen and oxygen atoms in total. The van der Waals surface area contributed by atoms with Gasteiger partial charge in [-0.25, -0.2) is 0 Å². The standard InChI is InChI=1S/C21H32O2.C2H6/c1-4-11-21(3)19(14(2)22)9-10-20(21)17-6-5-16-13-18(23)8-7-15(16)12-17;1-2/h5,9,15,17-18,20,23H,4,6-8,10-13H2,1-3H3;1-2H3. The number of hydrogen-bond donors (Lipinski definition) is 1. The van der Waals surface area contributed by atoms with Crippen molar-refractivity contribution in [1.29, 1.82) is 0 Å². The van der Waals surface area contributed by atoms with Gasteiger partial charge in [0.1, 0.15) is 0 Å². The highest BCUT2D eigenvalue weighted by atomic mass is 16.3. The summed E-state index contributed by atoms with van der Waals surface area (Å²) in [6.07, 6.45) is 13.3. The van der Waals surface area contributed by atoms with Gasteiger partial charge in [0.2, 0.25) is 0 Å². The van der Waals surface area contributed by atoms with Gasteiger partial charge in [0, 0.05) is 0 Å². The molecule has 0 radical (unpaired) electrons. The lowest BCUT2D eigenvalue weighted by Crippen LogP contribution is -2.36. The van der Waals surface area contributed by atoms with Crippen LogP contribution in [0.25, 0.3) is 0 Å². The molecule has 0 aromatic rings. The van der Waals surface area contributed by atoms with Crippen LogP contribution in [0.1, 0.15) is 86.0 Å². The normalized spacial score (nSPS) is 37.4. The minimum Gasteiger partial charge on any atom is -0.393 e. The van der Waals surface area contributed by atoms with E-state index in [-0.39, 0.29) is 17.3 Å². The Hall–Kier alpha value is -0.890. The minimum absolute atomic E-state index is 0.0742. The maximum atomic E-state index is 12.1. The molecule has 2 heteroatoms. The molecule has 0 aliphatic heterocycles. The van der Waals surface area contributed by atoms with Crippen molar-refractivity contribution in [2.45, 2.75) is 92.1 Å². The van der Waals surface area contributed by atoms with Gasteiger partial charge in [-0.15, -0.1) is 0 Å². The number of aliphatic hydroxyl groups excluding tert-OH is 1. The van der Waals surface area contributed by atoms with E-state index in [1.807, 2.05) is 13.8 Å². The molecule has 0 aromatic heterocycles. The van der Waals surface area contributed by atoms with Crippen LogP contribution in [0.5, 0.6) is 0 Å². The molecule has 5 unspecified atom stereocenters. The molecule has 1 fully saturated rings. The van der Waals surface area contributed by atoms with Gasteiger partial charge in [-0.2, -0.15) is 0 Å². The van der Waals surface area contributed by atoms with Crippen LogP contribution in [0.15, 0.2) is 23.3 Å². The summed E-state index contributed by atoms with van der Waals surface area (Å²) in [5.74, 6) is 2.27. The summed E-state index contributed by atoms with van der Waals surface area (Å²) in [6, 6.07) is 0. The van der Waals surface area contributed by atoms with Gasteiger partial charge in [0.05, 0.1) is 6.10 Å². The van der Waals surface area contributed by atoms with Gasteiger partial charge in [0.25, 0.3) is 0 Å². The first-order valence-electron chi connectivity index (χ1n) is 10.5. The van der Waals surface area contributed by atoms with Crippen LogP contribution in [0.2, 0.25) is 0 Å². The van der Waals surface area contributed by atoms with Crippen molar-refractivity contribution in [2.75, 3.05) is 0 Å². The maximum Gasteiger partial charge on any atom is 0.156 e. The molecule has 0 spiro atoms. The maximum absolute atomic E-state index is 12.1. The Labute approximate surface area is 154 Å². The second-order valence-corrected chi connectivity index (χ2v) is 8.33. The van der Waals surface area contributed by atoms with E-state index < -0.39 is 0 Å². The van der Waals surface area contributed by atoms with Crippen molar-refractivity contribution in [2.24, 2.45) is 23.2 Å². The number of Topliss-reactive ketones (excluding diaryl/α,β-unsaturated/α-hetero) is 1. The number of carbonyl (C=O) groups excluding carboxylic acids is 1. The number of rotatable bonds is 4. The zero-order chi connectivity index (χ0) is 18.6. The highest BCUT2D eigenvalue weighted by Gasteiger charge is 2.46. The molecule has 5 atom stereocenters. The van der Waals surface area contributed by atoms with E-state index in [0.717, 1.165) is 50.5 Å². The lowest BCUT2D eigenvalue weighted by molar-refractivity contribution is -0.115. The highest BCUT2D eigenvalue weighted by Crippen LogP contribution is 2.54. The fourth-order valence-corrected chi connectivity index (χ4v) is 5.77. The second-order valence-electron chi connectivity index (χ2n) is 8.33. The van der Waals surface area contributed by atoms with Crippen molar-refractivity contribution < 1.29 is 9.90 Å². The third-order valence-corrected chi connectivity index (χ3v) is 6.84. The predicted octanol–water partition coefficient (Wildman–Crippen LogP) is 5.85. The largest absolute Gasteiger partial charge is 0.393 e. The van der Waals surface area contributed by atoms with E-state index in [9.17, 15) is 9.90 Å². The summed E-state index contributed by atoms with van der Waals surface area (Å²) in [6.45, 7) is 10.3. The molecule has 3 aliphatic carbocycles. The number of allylic oxidation sites excluding steroid dienone is 3. The molecule has 1 N–H and O–H groups in total. The van der Waals surface area contributed by atoms with E-state index in [1.54, 1.807) is 6.92 Å². The zero-order valence-corrected chi connectivity index (χ0v) is 17.0. The van der Waals surface area contributed by atoms with Crippen LogP contribution in [-0.4, -0.2) is 17.0 Å². The number of hydrogen-bond acceptors (Lipinski definition) is 2. The molecule has 0 heterocycles. The third kappa shape index (κ3) is 4.10. The highest BCUT2D eigenvalue weighted by molar-refractivity contribution is 5.95. The topological polar surface area (TPSA) is 37.3 Å². The van der Waals surface area contributed by atoms with Gasteiger partial charge in [-0.05, 0) is 80.6 Å². The Balaban J connectivity index is 0.00000109. The molecular formula is C23H38O2. The van der Waals surface area contributed by atoms with Crippen molar-refractivity contribution in [1.82, 2.24) is 0 Å². The van der Waals surface area contributed by atoms with Crippen molar-refractivity contribution >= 4 is 5.78 Å². The molecule has 0 saturated heterocycles. The first-order valence-corrected chi connectivity index (χ1v) is 10.5. The van der Waals surface area contributed by atoms with Crippen LogP contribution in [0, 0.1) is 23.2 Å². The fraction of sp³-hybridized carbons (Fsp3) is 0.783. The molecule has 25 heavy (non-hydrogen) atoms. The van der Waals surface area contributed by atoms with Crippen LogP contribution >= 0.6 is 0 Å². The molecule has 142 valence electrons. The van der Waals surface area contributed by atoms with Crippen LogP contribution in [-0.2, 0) is 4.79 Å². The van der Waals surface area contributed by atoms with Gasteiger partial charge >= 0.3 is 0 Å². The minimum atomic E-state index is -0.114. The molecule has 0 bridgehead atoms. The number of ketones is 1. The zero-order valence-electron chi connectivity index (χ0n) is 17.0. The van der Waals surface area contributed by atoms with Crippen LogP contribution < -0.4 is 0 Å². The van der Waals surface area contributed by atoms with Gasteiger partial charge in [-0.3, -0.25) is 4.79 Å². The fourth-order valence-electron chi connectivity index (χ4n) is 5.77. The smallest absolute Gasteiger partial charge is 0.156 e. The third-order valence-electron chi connectivity index (χ3n) is 6.84. The van der Waals surface area contributed by atoms with E-state index in [2.05, 4.69) is 26.0 Å². The monoisotopic (exact) mass is 346 g/mol. The van der Waals surface area contributed by atoms with Gasteiger partial charge < -0.3 is 5.11 Å². The summed E-state index contributed by atoms with van der Waals surface area (Å²) in [7, 11) is 0. The van der Waals surface area contributed by atoms with E-state index in [4.69, 9.17) is 0 Å². The number of fused-ring (bicyclic) bond motifs is 1. The summed E-state index contributed by atoms with van der Waals surface area (Å²) in [5.41, 5.74) is 2.68. The Kier molecular flexibility index (Phi) is 7.08. The van der Waals surface area contributed by atoms with Crippen LogP contribution in [0.3, 0.4) is 0 Å².